The summed E-state index contributed by atoms with van der Waals surface area (Å²) in [6.07, 6.45) is 5.24. The van der Waals surface area contributed by atoms with Gasteiger partial charge in [-0.1, -0.05) is 6.08 Å². The van der Waals surface area contributed by atoms with Gasteiger partial charge in [0.05, 0.1) is 0 Å². The van der Waals surface area contributed by atoms with Crippen molar-refractivity contribution in [1.82, 2.24) is 0 Å². The Morgan fingerprint density at radius 2 is 2.29 bits per heavy atom. The molecule has 0 fully saturated rings. The monoisotopic (exact) mass is 171 g/mol. The Hall–Kier alpha value is 0.514. The fourth-order valence-corrected chi connectivity index (χ4v) is 0.524. The van der Waals surface area contributed by atoms with Gasteiger partial charge in [-0.15, -0.1) is 0 Å². The Morgan fingerprint density at radius 3 is 2.43 bits per heavy atom. The third kappa shape index (κ3) is 2.35. The molecule has 7 heavy (non-hydrogen) atoms. The van der Waals surface area contributed by atoms with Crippen molar-refractivity contribution < 1.29 is 37.5 Å². The van der Waals surface area contributed by atoms with Gasteiger partial charge in [0.15, 0.2) is 5.78 Å². The number of ketones is 1. The molecule has 0 aromatic rings. The van der Waals surface area contributed by atoms with Crippen LogP contribution in [-0.4, -0.2) is 5.78 Å². The van der Waals surface area contributed by atoms with E-state index in [9.17, 15) is 4.79 Å². The van der Waals surface area contributed by atoms with Gasteiger partial charge in [-0.2, -0.15) is 0 Å². The van der Waals surface area contributed by atoms with E-state index in [0.29, 0.717) is 0 Å². The molecule has 2 heteroatoms. The Kier molecular flexibility index (Phi) is 3.77. The summed E-state index contributed by atoms with van der Waals surface area (Å²) in [6.45, 7) is 0. The first kappa shape index (κ1) is 7.51. The maximum absolute atomic E-state index is 10.2. The van der Waals surface area contributed by atoms with Crippen LogP contribution < -0.4 is 0 Å². The molecule has 1 aliphatic carbocycles. The number of carbonyl (C=O) groups is 1. The predicted molar refractivity (Wildman–Crippen MR) is 23.4 cm³/mol. The number of hydrogen-bond acceptors (Lipinski definition) is 1. The van der Waals surface area contributed by atoms with Crippen LogP contribution in [0.4, 0.5) is 0 Å². The first-order chi connectivity index (χ1) is 2.89. The van der Waals surface area contributed by atoms with Crippen LogP contribution in [0.25, 0.3) is 0 Å². The van der Waals surface area contributed by atoms with E-state index in [1.165, 1.54) is 0 Å². The molecule has 0 bridgehead atoms. The molecule has 1 radical (unpaired) electrons. The molecule has 0 N–H and O–H groups in total. The van der Waals surface area contributed by atoms with Gasteiger partial charge < -0.3 is 0 Å². The Balaban J connectivity index is 0.000000360. The quantitative estimate of drug-likeness (QED) is 0.529. The molecular weight excluding hydrogens is 165 g/mol. The molecule has 1 rings (SSSR count). The SMILES string of the molecule is O=C1C=CCC1.[Y]. The topological polar surface area (TPSA) is 17.1 Å². The van der Waals surface area contributed by atoms with Crippen LogP contribution in [0.2, 0.25) is 0 Å². The second kappa shape index (κ2) is 3.51. The molecule has 1 aliphatic rings. The molecular formula is C5H6OY. The zero-order chi connectivity index (χ0) is 4.41. The van der Waals surface area contributed by atoms with E-state index in [1.807, 2.05) is 6.08 Å². The van der Waals surface area contributed by atoms with Crippen molar-refractivity contribution in [2.75, 3.05) is 0 Å². The number of carbonyl (C=O) groups excluding carboxylic acids is 1. The van der Waals surface area contributed by atoms with Crippen molar-refractivity contribution >= 4 is 5.78 Å². The van der Waals surface area contributed by atoms with Crippen LogP contribution in [0.5, 0.6) is 0 Å². The van der Waals surface area contributed by atoms with Gasteiger partial charge in [-0.25, -0.2) is 0 Å². The summed E-state index contributed by atoms with van der Waals surface area (Å²) < 4.78 is 0. The largest absolute Gasteiger partial charge is 0.295 e. The number of hydrogen-bond donors (Lipinski definition) is 0. The third-order valence-electron chi connectivity index (χ3n) is 0.861. The van der Waals surface area contributed by atoms with E-state index in [4.69, 9.17) is 0 Å². The van der Waals surface area contributed by atoms with Crippen molar-refractivity contribution in [3.05, 3.63) is 12.2 Å². The van der Waals surface area contributed by atoms with Crippen molar-refractivity contribution in [2.24, 2.45) is 0 Å². The van der Waals surface area contributed by atoms with E-state index in [1.54, 1.807) is 6.08 Å². The average molecular weight is 171 g/mol. The van der Waals surface area contributed by atoms with E-state index >= 15 is 0 Å². The average Bonchev–Trinajstić information content (AvgIpc) is 1.86. The van der Waals surface area contributed by atoms with Crippen LogP contribution in [-0.2, 0) is 37.5 Å². The maximum atomic E-state index is 10.2. The van der Waals surface area contributed by atoms with Gasteiger partial charge in [0.2, 0.25) is 0 Å². The molecule has 0 atom stereocenters. The summed E-state index contributed by atoms with van der Waals surface area (Å²) in [5, 5.41) is 0. The van der Waals surface area contributed by atoms with Crippen molar-refractivity contribution in [2.45, 2.75) is 12.8 Å². The minimum Gasteiger partial charge on any atom is -0.295 e. The Labute approximate surface area is 68.0 Å². The minimum absolute atomic E-state index is 0. The fraction of sp³-hybridized carbons (Fsp3) is 0.400. The molecule has 0 heterocycles. The summed E-state index contributed by atoms with van der Waals surface area (Å²) in [5.41, 5.74) is 0. The molecule has 35 valence electrons. The van der Waals surface area contributed by atoms with E-state index in [0.717, 1.165) is 12.8 Å². The fourth-order valence-electron chi connectivity index (χ4n) is 0.524. The van der Waals surface area contributed by atoms with Gasteiger partial charge in [0, 0.05) is 39.1 Å². The Morgan fingerprint density at radius 1 is 1.57 bits per heavy atom. The summed E-state index contributed by atoms with van der Waals surface area (Å²) in [4.78, 5) is 10.2. The first-order valence-corrected chi connectivity index (χ1v) is 2.09. The number of rotatable bonds is 0. The summed E-state index contributed by atoms with van der Waals surface area (Å²) in [6, 6.07) is 0. The second-order valence-electron chi connectivity index (χ2n) is 1.41. The molecule has 0 aromatic heterocycles. The van der Waals surface area contributed by atoms with Crippen molar-refractivity contribution in [3.63, 3.8) is 0 Å². The van der Waals surface area contributed by atoms with Crippen molar-refractivity contribution in [3.8, 4) is 0 Å². The van der Waals surface area contributed by atoms with Crippen LogP contribution >= 0.6 is 0 Å². The Bertz CT molecular complexity index is 96.3. The first-order valence-electron chi connectivity index (χ1n) is 2.09. The van der Waals surface area contributed by atoms with Gasteiger partial charge >= 0.3 is 0 Å². The van der Waals surface area contributed by atoms with Crippen LogP contribution in [0, 0.1) is 0 Å². The summed E-state index contributed by atoms with van der Waals surface area (Å²) in [5.74, 6) is 0.273. The van der Waals surface area contributed by atoms with Gasteiger partial charge in [0.1, 0.15) is 0 Å². The van der Waals surface area contributed by atoms with Crippen LogP contribution in [0.15, 0.2) is 12.2 Å². The second-order valence-corrected chi connectivity index (χ2v) is 1.41. The van der Waals surface area contributed by atoms with Gasteiger partial charge in [0.25, 0.3) is 0 Å². The third-order valence-corrected chi connectivity index (χ3v) is 0.861. The smallest absolute Gasteiger partial charge is 0.155 e. The van der Waals surface area contributed by atoms with Crippen LogP contribution in [0.3, 0.4) is 0 Å². The molecule has 0 aliphatic heterocycles. The molecule has 0 spiro atoms. The maximum Gasteiger partial charge on any atom is 0.155 e. The molecule has 0 aromatic carbocycles. The van der Waals surface area contributed by atoms with Gasteiger partial charge in [-0.05, 0) is 12.5 Å². The zero-order valence-corrected chi connectivity index (χ0v) is 6.89. The van der Waals surface area contributed by atoms with E-state index in [-0.39, 0.29) is 38.5 Å². The van der Waals surface area contributed by atoms with Crippen LogP contribution in [0.1, 0.15) is 12.8 Å². The zero-order valence-electron chi connectivity index (χ0n) is 4.05. The van der Waals surface area contributed by atoms with Crippen molar-refractivity contribution in [1.29, 1.82) is 0 Å². The van der Waals surface area contributed by atoms with E-state index in [2.05, 4.69) is 0 Å². The van der Waals surface area contributed by atoms with Gasteiger partial charge in [-0.3, -0.25) is 4.79 Å². The normalized spacial score (nSPS) is 16.9. The summed E-state index contributed by atoms with van der Waals surface area (Å²) in [7, 11) is 0. The van der Waals surface area contributed by atoms with E-state index < -0.39 is 0 Å². The molecule has 1 nitrogen and oxygen atoms in total. The number of allylic oxidation sites excluding steroid dienone is 2. The summed E-state index contributed by atoms with van der Waals surface area (Å²) >= 11 is 0. The predicted octanol–water partition coefficient (Wildman–Crippen LogP) is 0.903. The minimum atomic E-state index is 0. The molecule has 0 saturated carbocycles. The molecule has 0 unspecified atom stereocenters. The molecule has 0 saturated heterocycles. The molecule has 0 amide bonds. The standard InChI is InChI=1S/C5H6O.Y/c6-5-3-1-2-4-5;/h1,3H,2,4H2;.